The van der Waals surface area contributed by atoms with Crippen molar-refractivity contribution in [2.45, 2.75) is 12.8 Å². The maximum Gasteiger partial charge on any atom is 0.338 e. The number of fused-ring (bicyclic) bond motifs is 1. The lowest BCUT2D eigenvalue weighted by Crippen LogP contribution is -2.41. The number of methoxy groups -OCH3 is 1. The molecule has 0 bridgehead atoms. The number of non-ortho nitro benzene ring substituents is 2. The fourth-order valence-electron chi connectivity index (χ4n) is 4.13. The fraction of sp³-hybridized carbons (Fsp3) is 0.160. The quantitative estimate of drug-likeness (QED) is 0.255. The molecule has 0 amide bonds. The third-order valence-corrected chi connectivity index (χ3v) is 7.00. The molecular formula is C25H20N4O9S. The first-order valence-corrected chi connectivity index (χ1v) is 12.1. The van der Waals surface area contributed by atoms with Crippen LogP contribution in [0.15, 0.2) is 58.9 Å². The van der Waals surface area contributed by atoms with E-state index in [9.17, 15) is 34.6 Å². The number of hydrogen-bond acceptors (Lipinski definition) is 11. The van der Waals surface area contributed by atoms with Crippen molar-refractivity contribution < 1.29 is 28.9 Å². The van der Waals surface area contributed by atoms with E-state index in [1.54, 1.807) is 6.92 Å². The van der Waals surface area contributed by atoms with Crippen LogP contribution in [0.3, 0.4) is 0 Å². The van der Waals surface area contributed by atoms with Crippen molar-refractivity contribution in [2.24, 2.45) is 5.73 Å². The van der Waals surface area contributed by atoms with E-state index in [4.69, 9.17) is 15.2 Å². The highest BCUT2D eigenvalue weighted by atomic mass is 32.1. The Morgan fingerprint density at radius 2 is 1.56 bits per heavy atom. The summed E-state index contributed by atoms with van der Waals surface area (Å²) in [7, 11) is 1.13. The number of ether oxygens (including phenoxy) is 2. The predicted molar refractivity (Wildman–Crippen MR) is 140 cm³/mol. The van der Waals surface area contributed by atoms with E-state index in [1.165, 1.54) is 54.6 Å². The van der Waals surface area contributed by atoms with Crippen LogP contribution < -0.4 is 20.5 Å². The first-order valence-electron chi connectivity index (χ1n) is 11.3. The predicted octanol–water partition coefficient (Wildman–Crippen LogP) is 1.37. The number of thiazole rings is 1. The molecule has 39 heavy (non-hydrogen) atoms. The molecule has 0 spiro atoms. The van der Waals surface area contributed by atoms with Crippen LogP contribution in [0, 0.1) is 20.2 Å². The lowest BCUT2D eigenvalue weighted by atomic mass is 9.83. The molecule has 0 unspecified atom stereocenters. The molecule has 1 aromatic heterocycles. The Balaban J connectivity index is 2.05. The Morgan fingerprint density at radius 1 is 1.00 bits per heavy atom. The number of nitro groups is 2. The van der Waals surface area contributed by atoms with E-state index in [-0.39, 0.29) is 44.1 Å². The van der Waals surface area contributed by atoms with Crippen molar-refractivity contribution in [1.82, 2.24) is 4.57 Å². The molecule has 0 radical (unpaired) electrons. The standard InChI is InChI=1S/C25H20N4O9S/c1-3-38-25(32)19-18(14-6-10-16(11-7-14)29(35)36)20(24(31)37-2)23-27(21(19)26)22(30)17(39-23)12-13-4-8-15(9-5-13)28(33)34/h4-12,18H,3,26H2,1-2H3/b17-12+/t18-/m0/s1. The number of carbonyl (C=O) groups excluding carboxylic acids is 2. The lowest BCUT2D eigenvalue weighted by molar-refractivity contribution is -0.385. The number of nitrogens with two attached hydrogens (primary N) is 1. The maximum absolute atomic E-state index is 13.5. The van der Waals surface area contributed by atoms with Gasteiger partial charge in [0.2, 0.25) is 0 Å². The third-order valence-electron chi connectivity index (χ3n) is 5.89. The molecule has 2 N–H and O–H groups in total. The number of carbonyl (C=O) groups is 2. The van der Waals surface area contributed by atoms with Gasteiger partial charge in [0.1, 0.15) is 10.5 Å². The highest BCUT2D eigenvalue weighted by Gasteiger charge is 2.40. The number of esters is 2. The molecule has 0 saturated heterocycles. The normalized spacial score (nSPS) is 15.1. The lowest BCUT2D eigenvalue weighted by Gasteiger charge is -2.26. The average molecular weight is 553 g/mol. The average Bonchev–Trinajstić information content (AvgIpc) is 3.24. The number of aromatic nitrogens is 1. The van der Waals surface area contributed by atoms with Gasteiger partial charge in [-0.25, -0.2) is 9.59 Å². The second-order valence-corrected chi connectivity index (χ2v) is 9.14. The van der Waals surface area contributed by atoms with Gasteiger partial charge in [-0.05, 0) is 36.3 Å². The fourth-order valence-corrected chi connectivity index (χ4v) is 5.29. The zero-order valence-electron chi connectivity index (χ0n) is 20.5. The molecule has 3 aromatic rings. The second kappa shape index (κ2) is 10.7. The molecule has 1 aliphatic rings. The largest absolute Gasteiger partial charge is 0.466 e. The van der Waals surface area contributed by atoms with Crippen LogP contribution in [0.5, 0.6) is 0 Å². The van der Waals surface area contributed by atoms with E-state index in [0.29, 0.717) is 11.1 Å². The Bertz CT molecular complexity index is 1720. The highest BCUT2D eigenvalue weighted by molar-refractivity contribution is 7.07. The van der Waals surface area contributed by atoms with Crippen LogP contribution in [0.25, 0.3) is 17.5 Å². The first kappa shape index (κ1) is 26.9. The van der Waals surface area contributed by atoms with Gasteiger partial charge in [-0.3, -0.25) is 29.6 Å². The minimum Gasteiger partial charge on any atom is -0.466 e. The van der Waals surface area contributed by atoms with Gasteiger partial charge in [0.15, 0.2) is 0 Å². The van der Waals surface area contributed by atoms with Crippen molar-refractivity contribution >= 4 is 52.1 Å². The molecule has 1 atom stereocenters. The molecule has 2 heterocycles. The molecule has 14 heteroatoms. The summed E-state index contributed by atoms with van der Waals surface area (Å²) < 4.78 is 11.4. The molecule has 200 valence electrons. The molecular weight excluding hydrogens is 532 g/mol. The minimum absolute atomic E-state index is 0.0271. The molecule has 0 fully saturated rings. The van der Waals surface area contributed by atoms with E-state index >= 15 is 0 Å². The minimum atomic E-state index is -1.16. The molecule has 13 nitrogen and oxygen atoms in total. The Kier molecular flexibility index (Phi) is 7.40. The Labute approximate surface area is 223 Å². The summed E-state index contributed by atoms with van der Waals surface area (Å²) in [5.74, 6) is -3.18. The zero-order valence-corrected chi connectivity index (χ0v) is 21.3. The van der Waals surface area contributed by atoms with Crippen LogP contribution in [0.1, 0.15) is 24.0 Å². The summed E-state index contributed by atoms with van der Waals surface area (Å²) >= 11 is 0.905. The summed E-state index contributed by atoms with van der Waals surface area (Å²) in [6.07, 6.45) is 1.47. The molecule has 0 aliphatic carbocycles. The summed E-state index contributed by atoms with van der Waals surface area (Å²) in [6, 6.07) is 10.7. The van der Waals surface area contributed by atoms with Gasteiger partial charge >= 0.3 is 11.9 Å². The van der Waals surface area contributed by atoms with E-state index in [2.05, 4.69) is 0 Å². The van der Waals surface area contributed by atoms with Gasteiger partial charge in [-0.1, -0.05) is 12.1 Å². The van der Waals surface area contributed by atoms with E-state index < -0.39 is 33.3 Å². The molecule has 2 aromatic carbocycles. The first-order chi connectivity index (χ1) is 18.6. The number of hydrogen-bond donors (Lipinski definition) is 1. The highest BCUT2D eigenvalue weighted by Crippen LogP contribution is 2.38. The molecule has 0 saturated carbocycles. The topological polar surface area (TPSA) is 187 Å². The molecule has 4 rings (SSSR count). The van der Waals surface area contributed by atoms with Crippen LogP contribution >= 0.6 is 11.3 Å². The molecule has 1 aliphatic heterocycles. The van der Waals surface area contributed by atoms with E-state index in [0.717, 1.165) is 23.0 Å². The number of nitro benzene ring substituents is 2. The van der Waals surface area contributed by atoms with Crippen LogP contribution in [-0.4, -0.2) is 40.1 Å². The Hall–Kier alpha value is -5.11. The van der Waals surface area contributed by atoms with Gasteiger partial charge in [0.05, 0.1) is 45.2 Å². The number of nitrogens with zero attached hydrogens (tertiary/aromatic N) is 3. The summed E-state index contributed by atoms with van der Waals surface area (Å²) in [4.78, 5) is 60.7. The van der Waals surface area contributed by atoms with Gasteiger partial charge in [0, 0.05) is 24.3 Å². The summed E-state index contributed by atoms with van der Waals surface area (Å²) in [5.41, 5.74) is 5.87. The SMILES string of the molecule is CCOC(=O)C1=C(N)n2c(s/c(=C/c3ccc([N+](=O)[O-])cc3)c2=O)=C(C(=O)OC)[C@H]1c1ccc([N+](=O)[O-])cc1. The van der Waals surface area contributed by atoms with Crippen LogP contribution in [-0.2, 0) is 19.1 Å². The van der Waals surface area contributed by atoms with E-state index in [1.807, 2.05) is 0 Å². The van der Waals surface area contributed by atoms with Gasteiger partial charge < -0.3 is 15.2 Å². The van der Waals surface area contributed by atoms with Crippen LogP contribution in [0.4, 0.5) is 11.4 Å². The van der Waals surface area contributed by atoms with Gasteiger partial charge in [0.25, 0.3) is 16.9 Å². The third kappa shape index (κ3) is 4.92. The Morgan fingerprint density at radius 3 is 2.08 bits per heavy atom. The van der Waals surface area contributed by atoms with Gasteiger partial charge in [-0.15, -0.1) is 11.3 Å². The number of rotatable bonds is 7. The summed E-state index contributed by atoms with van der Waals surface area (Å²) in [6.45, 7) is 1.55. The van der Waals surface area contributed by atoms with Crippen molar-refractivity contribution in [2.75, 3.05) is 13.7 Å². The van der Waals surface area contributed by atoms with Crippen molar-refractivity contribution in [3.8, 4) is 0 Å². The summed E-state index contributed by atoms with van der Waals surface area (Å²) in [5, 5.41) is 22.1. The second-order valence-electron chi connectivity index (χ2n) is 8.11. The van der Waals surface area contributed by atoms with Crippen molar-refractivity contribution in [1.29, 1.82) is 0 Å². The maximum atomic E-state index is 13.5. The smallest absolute Gasteiger partial charge is 0.338 e. The van der Waals surface area contributed by atoms with Crippen molar-refractivity contribution in [3.63, 3.8) is 0 Å². The number of benzene rings is 2. The zero-order chi connectivity index (χ0) is 28.4. The monoisotopic (exact) mass is 552 g/mol. The van der Waals surface area contributed by atoms with Crippen LogP contribution in [0.2, 0.25) is 0 Å². The van der Waals surface area contributed by atoms with Gasteiger partial charge in [-0.2, -0.15) is 0 Å². The van der Waals surface area contributed by atoms with Crippen molar-refractivity contribution in [3.05, 3.63) is 105 Å².